The van der Waals surface area contributed by atoms with Crippen LogP contribution in [-0.4, -0.2) is 23.4 Å². The van der Waals surface area contributed by atoms with Crippen molar-refractivity contribution in [3.63, 3.8) is 0 Å². The molecule has 0 saturated heterocycles. The molecule has 4 heteroatoms. The average Bonchev–Trinajstić information content (AvgIpc) is 3.30. The first-order chi connectivity index (χ1) is 10.1. The summed E-state index contributed by atoms with van der Waals surface area (Å²) in [6, 6.07) is 4.73. The maximum atomic E-state index is 13.2. The van der Waals surface area contributed by atoms with Crippen molar-refractivity contribution in [3.05, 3.63) is 34.1 Å². The molecule has 1 aromatic rings. The summed E-state index contributed by atoms with van der Waals surface area (Å²) < 4.78 is 13.8. The Morgan fingerprint density at radius 3 is 2.52 bits per heavy atom. The lowest BCUT2D eigenvalue weighted by molar-refractivity contribution is 0.0698. The van der Waals surface area contributed by atoms with Gasteiger partial charge in [0.25, 0.3) is 5.91 Å². The van der Waals surface area contributed by atoms with E-state index in [-0.39, 0.29) is 11.7 Å². The van der Waals surface area contributed by atoms with Gasteiger partial charge in [-0.2, -0.15) is 0 Å². The van der Waals surface area contributed by atoms with Crippen LogP contribution in [0.3, 0.4) is 0 Å². The number of rotatable bonds is 4. The molecule has 2 aliphatic carbocycles. The van der Waals surface area contributed by atoms with Crippen LogP contribution in [-0.2, 0) is 0 Å². The van der Waals surface area contributed by atoms with E-state index in [1.807, 2.05) is 4.90 Å². The van der Waals surface area contributed by atoms with Gasteiger partial charge in [0.05, 0.1) is 5.56 Å². The molecule has 0 unspecified atom stereocenters. The van der Waals surface area contributed by atoms with Crippen molar-refractivity contribution in [2.45, 2.75) is 51.0 Å². The van der Waals surface area contributed by atoms with Crippen molar-refractivity contribution in [1.82, 2.24) is 4.90 Å². The average molecular weight is 354 g/mol. The lowest BCUT2D eigenvalue weighted by atomic mass is 9.89. The van der Waals surface area contributed by atoms with E-state index in [0.717, 1.165) is 19.4 Å². The fourth-order valence-corrected chi connectivity index (χ4v) is 3.77. The number of carbonyl (C=O) groups is 1. The second-order valence-electron chi connectivity index (χ2n) is 6.32. The highest BCUT2D eigenvalue weighted by Gasteiger charge is 2.35. The van der Waals surface area contributed by atoms with Gasteiger partial charge in [0.15, 0.2) is 0 Å². The molecule has 0 N–H and O–H groups in total. The summed E-state index contributed by atoms with van der Waals surface area (Å²) in [5.41, 5.74) is 0.583. The molecule has 2 nitrogen and oxygen atoms in total. The van der Waals surface area contributed by atoms with E-state index < -0.39 is 0 Å². The molecule has 0 spiro atoms. The SMILES string of the molecule is O=C(c1ccc(F)cc1Br)N(CC1CCCCC1)C1CC1. The molecule has 3 rings (SSSR count). The summed E-state index contributed by atoms with van der Waals surface area (Å²) in [5, 5.41) is 0. The minimum atomic E-state index is -0.316. The number of halogens is 2. The van der Waals surface area contributed by atoms with Crippen LogP contribution >= 0.6 is 15.9 Å². The molecular weight excluding hydrogens is 333 g/mol. The highest BCUT2D eigenvalue weighted by atomic mass is 79.9. The third-order valence-corrected chi connectivity index (χ3v) is 5.25. The lowest BCUT2D eigenvalue weighted by Gasteiger charge is -2.30. The molecule has 0 bridgehead atoms. The minimum absolute atomic E-state index is 0.0509. The normalized spacial score (nSPS) is 19.5. The number of amides is 1. The smallest absolute Gasteiger partial charge is 0.255 e. The van der Waals surface area contributed by atoms with Gasteiger partial charge < -0.3 is 4.90 Å². The van der Waals surface area contributed by atoms with Crippen LogP contribution in [0.15, 0.2) is 22.7 Å². The zero-order valence-corrected chi connectivity index (χ0v) is 13.7. The summed E-state index contributed by atoms with van der Waals surface area (Å²) >= 11 is 3.32. The van der Waals surface area contributed by atoms with Crippen molar-refractivity contribution in [2.75, 3.05) is 6.54 Å². The number of nitrogens with zero attached hydrogens (tertiary/aromatic N) is 1. The van der Waals surface area contributed by atoms with Crippen molar-refractivity contribution < 1.29 is 9.18 Å². The standard InChI is InChI=1S/C17H21BrFNO/c18-16-10-13(19)6-9-15(16)17(21)20(14-7-8-14)11-12-4-2-1-3-5-12/h6,9-10,12,14H,1-5,7-8,11H2. The Bertz CT molecular complexity index is 524. The molecule has 0 atom stereocenters. The topological polar surface area (TPSA) is 20.3 Å². The highest BCUT2D eigenvalue weighted by molar-refractivity contribution is 9.10. The summed E-state index contributed by atoms with van der Waals surface area (Å²) in [6.07, 6.45) is 8.60. The van der Waals surface area contributed by atoms with Gasteiger partial charge in [-0.3, -0.25) is 4.79 Å². The van der Waals surface area contributed by atoms with Crippen LogP contribution in [0.2, 0.25) is 0 Å². The largest absolute Gasteiger partial charge is 0.335 e. The number of carbonyl (C=O) groups excluding carboxylic acids is 1. The molecule has 2 aliphatic rings. The van der Waals surface area contributed by atoms with E-state index in [0.29, 0.717) is 22.0 Å². The predicted octanol–water partition coefficient (Wildman–Crippen LogP) is 4.77. The van der Waals surface area contributed by atoms with Gasteiger partial charge in [-0.1, -0.05) is 19.3 Å². The number of hydrogen-bond acceptors (Lipinski definition) is 1. The zero-order chi connectivity index (χ0) is 14.8. The Labute approximate surface area is 133 Å². The van der Waals surface area contributed by atoms with E-state index >= 15 is 0 Å². The quantitative estimate of drug-likeness (QED) is 0.763. The van der Waals surface area contributed by atoms with Gasteiger partial charge in [-0.25, -0.2) is 4.39 Å². The number of hydrogen-bond donors (Lipinski definition) is 0. The third kappa shape index (κ3) is 3.65. The lowest BCUT2D eigenvalue weighted by Crippen LogP contribution is -2.38. The van der Waals surface area contributed by atoms with Crippen LogP contribution in [0.25, 0.3) is 0 Å². The van der Waals surface area contributed by atoms with Crippen LogP contribution < -0.4 is 0 Å². The van der Waals surface area contributed by atoms with Crippen LogP contribution in [0.1, 0.15) is 55.3 Å². The fourth-order valence-electron chi connectivity index (χ4n) is 3.25. The maximum Gasteiger partial charge on any atom is 0.255 e. The second kappa shape index (κ2) is 6.47. The van der Waals surface area contributed by atoms with Gasteiger partial charge in [0, 0.05) is 17.1 Å². The van der Waals surface area contributed by atoms with Crippen molar-refractivity contribution in [1.29, 1.82) is 0 Å². The molecule has 0 aromatic heterocycles. The summed E-state index contributed by atoms with van der Waals surface area (Å²) in [6.45, 7) is 0.868. The van der Waals surface area contributed by atoms with Crippen LogP contribution in [0, 0.1) is 11.7 Å². The Hall–Kier alpha value is -0.900. The first-order valence-electron chi connectivity index (χ1n) is 7.91. The van der Waals surface area contributed by atoms with Crippen LogP contribution in [0.5, 0.6) is 0 Å². The zero-order valence-electron chi connectivity index (χ0n) is 12.2. The molecule has 114 valence electrons. The second-order valence-corrected chi connectivity index (χ2v) is 7.17. The summed E-state index contributed by atoms with van der Waals surface area (Å²) in [5.74, 6) is 0.376. The molecular formula is C17H21BrFNO. The Balaban J connectivity index is 1.75. The first kappa shape index (κ1) is 15.0. The maximum absolute atomic E-state index is 13.2. The Morgan fingerprint density at radius 2 is 1.90 bits per heavy atom. The van der Waals surface area contributed by atoms with E-state index in [1.54, 1.807) is 6.07 Å². The Kier molecular flexibility index (Phi) is 4.63. The molecule has 1 aromatic carbocycles. The molecule has 2 saturated carbocycles. The van der Waals surface area contributed by atoms with Crippen molar-refractivity contribution in [3.8, 4) is 0 Å². The van der Waals surface area contributed by atoms with E-state index in [2.05, 4.69) is 15.9 Å². The molecule has 0 aliphatic heterocycles. The highest BCUT2D eigenvalue weighted by Crippen LogP contribution is 2.33. The van der Waals surface area contributed by atoms with Gasteiger partial charge in [0.2, 0.25) is 0 Å². The summed E-state index contributed by atoms with van der Waals surface area (Å²) in [7, 11) is 0. The van der Waals surface area contributed by atoms with Gasteiger partial charge >= 0.3 is 0 Å². The Morgan fingerprint density at radius 1 is 1.19 bits per heavy atom. The molecule has 0 heterocycles. The van der Waals surface area contributed by atoms with Gasteiger partial charge in [-0.15, -0.1) is 0 Å². The monoisotopic (exact) mass is 353 g/mol. The van der Waals surface area contributed by atoms with Gasteiger partial charge in [0.1, 0.15) is 5.82 Å². The fraction of sp³-hybridized carbons (Fsp3) is 0.588. The predicted molar refractivity (Wildman–Crippen MR) is 84.7 cm³/mol. The van der Waals surface area contributed by atoms with Crippen molar-refractivity contribution >= 4 is 21.8 Å². The van der Waals surface area contributed by atoms with E-state index in [1.165, 1.54) is 44.2 Å². The molecule has 1 amide bonds. The van der Waals surface area contributed by atoms with Crippen LogP contribution in [0.4, 0.5) is 4.39 Å². The third-order valence-electron chi connectivity index (χ3n) is 4.59. The molecule has 0 radical (unpaired) electrons. The van der Waals surface area contributed by atoms with Gasteiger partial charge in [-0.05, 0) is 65.7 Å². The van der Waals surface area contributed by atoms with E-state index in [4.69, 9.17) is 0 Å². The number of benzene rings is 1. The minimum Gasteiger partial charge on any atom is -0.335 e. The first-order valence-corrected chi connectivity index (χ1v) is 8.70. The van der Waals surface area contributed by atoms with Crippen molar-refractivity contribution in [2.24, 2.45) is 5.92 Å². The molecule has 2 fully saturated rings. The van der Waals surface area contributed by atoms with E-state index in [9.17, 15) is 9.18 Å². The summed E-state index contributed by atoms with van der Waals surface area (Å²) in [4.78, 5) is 14.8. The molecule has 21 heavy (non-hydrogen) atoms.